The molecule has 132 valence electrons. The maximum absolute atomic E-state index is 13.2. The topological polar surface area (TPSA) is 59.0 Å². The van der Waals surface area contributed by atoms with Crippen LogP contribution in [0.1, 0.15) is 40.3 Å². The van der Waals surface area contributed by atoms with Crippen molar-refractivity contribution in [3.05, 3.63) is 64.7 Å². The Morgan fingerprint density at radius 1 is 1.27 bits per heavy atom. The van der Waals surface area contributed by atoms with Crippen LogP contribution in [0.5, 0.6) is 0 Å². The Bertz CT molecular complexity index is 926. The van der Waals surface area contributed by atoms with E-state index in [2.05, 4.69) is 15.0 Å². The molecule has 2 aromatic heterocycles. The summed E-state index contributed by atoms with van der Waals surface area (Å²) in [6, 6.07) is 8.10. The molecule has 1 unspecified atom stereocenters. The first kappa shape index (κ1) is 16.8. The normalized spacial score (nSPS) is 16.4. The smallest absolute Gasteiger partial charge is 0.266 e. The minimum Gasteiger partial charge on any atom is -0.331 e. The molecule has 0 saturated carbocycles. The molecule has 3 aromatic rings. The van der Waals surface area contributed by atoms with Gasteiger partial charge in [0.05, 0.1) is 11.7 Å². The zero-order chi connectivity index (χ0) is 18.1. The summed E-state index contributed by atoms with van der Waals surface area (Å²) in [6.45, 7) is 2.67. The van der Waals surface area contributed by atoms with Gasteiger partial charge in [0.2, 0.25) is 0 Å². The van der Waals surface area contributed by atoms with E-state index in [1.165, 1.54) is 23.5 Å². The number of nitrogens with zero attached hydrogens (tertiary/aromatic N) is 4. The highest BCUT2D eigenvalue weighted by Crippen LogP contribution is 2.37. The fraction of sp³-hybridized carbons (Fsp3) is 0.263. The third-order valence-electron chi connectivity index (χ3n) is 4.52. The average molecular weight is 368 g/mol. The van der Waals surface area contributed by atoms with E-state index in [1.807, 2.05) is 11.8 Å². The van der Waals surface area contributed by atoms with Gasteiger partial charge in [0, 0.05) is 18.9 Å². The van der Waals surface area contributed by atoms with Gasteiger partial charge in [-0.1, -0.05) is 19.1 Å². The quantitative estimate of drug-likeness (QED) is 0.701. The molecule has 7 heteroatoms. The van der Waals surface area contributed by atoms with Crippen LogP contribution >= 0.6 is 11.3 Å². The molecule has 5 nitrogen and oxygen atoms in total. The molecule has 0 bridgehead atoms. The molecule has 0 spiro atoms. The molecule has 0 radical (unpaired) electrons. The standard InChI is InChI=1S/C19H17FN4OS/c1-2-14-16(26-18(23-14)17-21-9-3-10-22-17)19(25)24-11-8-15(24)12-4-6-13(20)7-5-12/h3-7,9-10,15H,2,8,11H2,1H3. The van der Waals surface area contributed by atoms with E-state index in [9.17, 15) is 9.18 Å². The maximum atomic E-state index is 13.2. The number of halogens is 1. The lowest BCUT2D eigenvalue weighted by molar-refractivity contribution is 0.0464. The Kier molecular flexibility index (Phi) is 4.46. The van der Waals surface area contributed by atoms with Gasteiger partial charge >= 0.3 is 0 Å². The van der Waals surface area contributed by atoms with E-state index in [0.717, 1.165) is 17.7 Å². The van der Waals surface area contributed by atoms with Crippen LogP contribution in [-0.4, -0.2) is 32.3 Å². The van der Waals surface area contributed by atoms with E-state index in [4.69, 9.17) is 0 Å². The van der Waals surface area contributed by atoms with Crippen LogP contribution in [0, 0.1) is 5.82 Å². The van der Waals surface area contributed by atoms with Gasteiger partial charge in [0.1, 0.15) is 10.7 Å². The fourth-order valence-corrected chi connectivity index (χ4v) is 4.11. The molecule has 1 fully saturated rings. The minimum absolute atomic E-state index is 0.00803. The van der Waals surface area contributed by atoms with Crippen molar-refractivity contribution in [2.75, 3.05) is 6.54 Å². The van der Waals surface area contributed by atoms with Gasteiger partial charge in [0.25, 0.3) is 5.91 Å². The van der Waals surface area contributed by atoms with E-state index in [1.54, 1.807) is 30.6 Å². The van der Waals surface area contributed by atoms with Crippen molar-refractivity contribution in [1.29, 1.82) is 0 Å². The summed E-state index contributed by atoms with van der Waals surface area (Å²) in [4.78, 5) is 28.6. The Labute approximate surface area is 154 Å². The number of aromatic nitrogens is 3. The zero-order valence-corrected chi connectivity index (χ0v) is 15.0. The highest BCUT2D eigenvalue weighted by Gasteiger charge is 2.36. The van der Waals surface area contributed by atoms with Crippen molar-refractivity contribution in [1.82, 2.24) is 19.9 Å². The van der Waals surface area contributed by atoms with Gasteiger partial charge in [-0.15, -0.1) is 11.3 Å². The number of aryl methyl sites for hydroxylation is 1. The lowest BCUT2D eigenvalue weighted by Crippen LogP contribution is -2.45. The van der Waals surface area contributed by atoms with Crippen molar-refractivity contribution in [2.45, 2.75) is 25.8 Å². The van der Waals surface area contributed by atoms with E-state index in [-0.39, 0.29) is 17.8 Å². The first-order valence-electron chi connectivity index (χ1n) is 8.51. The molecule has 0 N–H and O–H groups in total. The molecule has 0 aliphatic carbocycles. The predicted octanol–water partition coefficient (Wildman–Crippen LogP) is 3.89. The Morgan fingerprint density at radius 2 is 2.00 bits per heavy atom. The van der Waals surface area contributed by atoms with Gasteiger partial charge in [-0.2, -0.15) is 0 Å². The van der Waals surface area contributed by atoms with Crippen LogP contribution in [0.3, 0.4) is 0 Å². The number of carbonyl (C=O) groups is 1. The molecule has 1 atom stereocenters. The van der Waals surface area contributed by atoms with Gasteiger partial charge in [0.15, 0.2) is 10.8 Å². The van der Waals surface area contributed by atoms with Crippen LogP contribution < -0.4 is 0 Å². The van der Waals surface area contributed by atoms with E-state index in [0.29, 0.717) is 28.7 Å². The van der Waals surface area contributed by atoms with Crippen LogP contribution in [-0.2, 0) is 6.42 Å². The molecule has 3 heterocycles. The first-order valence-corrected chi connectivity index (χ1v) is 9.32. The Hall–Kier alpha value is -2.67. The summed E-state index contributed by atoms with van der Waals surface area (Å²) in [5.74, 6) is 0.237. The maximum Gasteiger partial charge on any atom is 0.266 e. The second kappa shape index (κ2) is 6.92. The fourth-order valence-electron chi connectivity index (χ4n) is 3.06. The number of benzene rings is 1. The summed E-state index contributed by atoms with van der Waals surface area (Å²) >= 11 is 1.34. The van der Waals surface area contributed by atoms with Crippen molar-refractivity contribution < 1.29 is 9.18 Å². The van der Waals surface area contributed by atoms with Gasteiger partial charge < -0.3 is 4.90 Å². The Morgan fingerprint density at radius 3 is 2.62 bits per heavy atom. The second-order valence-corrected chi connectivity index (χ2v) is 7.07. The summed E-state index contributed by atoms with van der Waals surface area (Å²) < 4.78 is 13.2. The van der Waals surface area contributed by atoms with Crippen LogP contribution in [0.4, 0.5) is 4.39 Å². The molecule has 1 aliphatic heterocycles. The summed E-state index contributed by atoms with van der Waals surface area (Å²) in [5, 5.41) is 0.657. The highest BCUT2D eigenvalue weighted by molar-refractivity contribution is 7.17. The Balaban J connectivity index is 1.62. The van der Waals surface area contributed by atoms with Crippen LogP contribution in [0.2, 0.25) is 0 Å². The number of amides is 1. The van der Waals surface area contributed by atoms with Gasteiger partial charge in [-0.25, -0.2) is 19.3 Å². The zero-order valence-electron chi connectivity index (χ0n) is 14.2. The molecular weight excluding hydrogens is 351 g/mol. The molecule has 1 amide bonds. The van der Waals surface area contributed by atoms with Gasteiger partial charge in [-0.3, -0.25) is 4.79 Å². The molecule has 1 aliphatic rings. The summed E-state index contributed by atoms with van der Waals surface area (Å²) in [7, 11) is 0. The molecule has 1 saturated heterocycles. The SMILES string of the molecule is CCc1nc(-c2ncccn2)sc1C(=O)N1CCC1c1ccc(F)cc1. The van der Waals surface area contributed by atoms with E-state index < -0.39 is 0 Å². The van der Waals surface area contributed by atoms with Crippen molar-refractivity contribution in [3.8, 4) is 10.8 Å². The summed E-state index contributed by atoms with van der Waals surface area (Å²) in [6.07, 6.45) is 4.87. The summed E-state index contributed by atoms with van der Waals surface area (Å²) in [5.41, 5.74) is 1.73. The number of likely N-dealkylation sites (tertiary alicyclic amines) is 1. The first-order chi connectivity index (χ1) is 12.7. The van der Waals surface area contributed by atoms with Crippen LogP contribution in [0.25, 0.3) is 10.8 Å². The largest absolute Gasteiger partial charge is 0.331 e. The number of hydrogen-bond acceptors (Lipinski definition) is 5. The van der Waals surface area contributed by atoms with Gasteiger partial charge in [-0.05, 0) is 36.6 Å². The number of carbonyl (C=O) groups excluding carboxylic acids is 1. The lowest BCUT2D eigenvalue weighted by atomic mass is 9.94. The van der Waals surface area contributed by atoms with Crippen LogP contribution in [0.15, 0.2) is 42.7 Å². The molecule has 26 heavy (non-hydrogen) atoms. The highest BCUT2D eigenvalue weighted by atomic mass is 32.1. The predicted molar refractivity (Wildman–Crippen MR) is 97.3 cm³/mol. The van der Waals surface area contributed by atoms with Crippen molar-refractivity contribution in [2.24, 2.45) is 0 Å². The number of hydrogen-bond donors (Lipinski definition) is 0. The van der Waals surface area contributed by atoms with E-state index >= 15 is 0 Å². The third-order valence-corrected chi connectivity index (χ3v) is 5.60. The lowest BCUT2D eigenvalue weighted by Gasteiger charge is -2.41. The minimum atomic E-state index is -0.269. The molecule has 4 rings (SSSR count). The number of thiazole rings is 1. The average Bonchev–Trinajstić information content (AvgIpc) is 3.08. The van der Waals surface area contributed by atoms with Crippen molar-refractivity contribution >= 4 is 17.2 Å². The third kappa shape index (κ3) is 2.99. The van der Waals surface area contributed by atoms with Crippen molar-refractivity contribution in [3.63, 3.8) is 0 Å². The molecular formula is C19H17FN4OS. The number of rotatable bonds is 4. The second-order valence-electron chi connectivity index (χ2n) is 6.08. The molecule has 1 aromatic carbocycles. The monoisotopic (exact) mass is 368 g/mol.